The zero-order valence-electron chi connectivity index (χ0n) is 38.7. The number of likely N-dealkylation sites (tertiary alicyclic amines) is 1. The third-order valence-electron chi connectivity index (χ3n) is 15.5. The Balaban J connectivity index is 0.876. The number of aromatic amines is 1. The van der Waals surface area contributed by atoms with Gasteiger partial charge in [-0.15, -0.1) is 0 Å². The standard InChI is InChI=1S/C51H58N8O8S/c1-31(2)36-7-4-5-8-37(36)38-9-6-10-42(38)58-29-51(30-58)18-21-57(22-19-51)34-11-12-39(44(24-34)67-45-23-33-15-20-53-48(33)55-40(45)27-52)49(60)56-68(64,65)35-25-43(59(62)63)47-46(26-35)66-28-41(54-47)32-13-16-50(3,61)17-14-32/h4-5,7-8,11-12,15,20,23-26,31-32,38,41-42,54,61H,6,9-10,13-14,16-19,21-22,28-30H2,1-3H3,(H,53,55)(H,56,60)/t32?,38-,41+,42-,50?/m0/s1. The van der Waals surface area contributed by atoms with Crippen LogP contribution in [-0.4, -0.2) is 89.7 Å². The number of aliphatic hydroxyl groups is 1. The van der Waals surface area contributed by atoms with Crippen molar-refractivity contribution in [2.24, 2.45) is 11.3 Å². The van der Waals surface area contributed by atoms with Crippen LogP contribution in [0.5, 0.6) is 17.2 Å². The number of nitro benzene ring substituents is 1. The molecule has 0 unspecified atom stereocenters. The highest BCUT2D eigenvalue weighted by atomic mass is 32.2. The molecular weight excluding hydrogens is 885 g/mol. The predicted molar refractivity (Wildman–Crippen MR) is 257 cm³/mol. The van der Waals surface area contributed by atoms with Gasteiger partial charge in [0, 0.05) is 67.7 Å². The van der Waals surface area contributed by atoms with Gasteiger partial charge in [0.05, 0.1) is 27.0 Å². The van der Waals surface area contributed by atoms with Crippen LogP contribution in [0.3, 0.4) is 0 Å². The molecule has 2 saturated carbocycles. The summed E-state index contributed by atoms with van der Waals surface area (Å²) >= 11 is 0. The van der Waals surface area contributed by atoms with Crippen molar-refractivity contribution in [1.82, 2.24) is 19.6 Å². The third kappa shape index (κ3) is 8.73. The van der Waals surface area contributed by atoms with Crippen LogP contribution in [0.2, 0.25) is 0 Å². The van der Waals surface area contributed by atoms with E-state index >= 15 is 0 Å². The number of amides is 1. The molecule has 4 fully saturated rings. The Labute approximate surface area is 396 Å². The number of H-pyrrole nitrogens is 1. The molecule has 5 aliphatic rings. The second-order valence-corrected chi connectivity index (χ2v) is 22.0. The number of nitriles is 1. The number of pyridine rings is 1. The van der Waals surface area contributed by atoms with Crippen molar-refractivity contribution in [3.05, 3.63) is 105 Å². The fraction of sp³-hybridized carbons (Fsp3) is 0.471. The van der Waals surface area contributed by atoms with Crippen molar-refractivity contribution in [2.45, 2.75) is 113 Å². The summed E-state index contributed by atoms with van der Waals surface area (Å²) in [7, 11) is -4.72. The molecule has 68 heavy (non-hydrogen) atoms. The van der Waals surface area contributed by atoms with Crippen LogP contribution >= 0.6 is 0 Å². The number of fused-ring (bicyclic) bond motifs is 2. The number of carbonyl (C=O) groups is 1. The number of nitrogens with zero attached hydrogens (tertiary/aromatic N) is 5. The number of aromatic nitrogens is 2. The first-order valence-corrected chi connectivity index (χ1v) is 25.4. The Morgan fingerprint density at radius 2 is 1.79 bits per heavy atom. The number of rotatable bonds is 11. The summed E-state index contributed by atoms with van der Waals surface area (Å²) < 4.78 is 42.5. The minimum absolute atomic E-state index is 0.00617. The lowest BCUT2D eigenvalue weighted by atomic mass is 9.70. The zero-order valence-corrected chi connectivity index (χ0v) is 39.5. The molecule has 2 aliphatic carbocycles. The molecule has 2 aromatic heterocycles. The zero-order chi connectivity index (χ0) is 47.5. The van der Waals surface area contributed by atoms with E-state index in [1.54, 1.807) is 37.4 Å². The molecule has 5 heterocycles. The molecule has 5 aromatic rings. The first-order valence-electron chi connectivity index (χ1n) is 23.9. The minimum atomic E-state index is -4.72. The van der Waals surface area contributed by atoms with Crippen LogP contribution in [-0.2, 0) is 10.0 Å². The van der Waals surface area contributed by atoms with Crippen LogP contribution < -0.4 is 24.4 Å². The molecule has 1 spiro atoms. The summed E-state index contributed by atoms with van der Waals surface area (Å²) in [4.78, 5) is 37.7. The first-order chi connectivity index (χ1) is 32.6. The van der Waals surface area contributed by atoms with Gasteiger partial charge in [-0.05, 0) is 117 Å². The maximum absolute atomic E-state index is 14.2. The summed E-state index contributed by atoms with van der Waals surface area (Å²) in [5.74, 6) is 0.142. The van der Waals surface area contributed by atoms with Crippen molar-refractivity contribution >= 4 is 44.0 Å². The molecular formula is C51H58N8O8S. The van der Waals surface area contributed by atoms with Gasteiger partial charge in [-0.3, -0.25) is 19.8 Å². The smallest absolute Gasteiger partial charge is 0.297 e. The fourth-order valence-electron chi connectivity index (χ4n) is 11.6. The van der Waals surface area contributed by atoms with E-state index < -0.39 is 37.0 Å². The molecule has 1 amide bonds. The highest BCUT2D eigenvalue weighted by molar-refractivity contribution is 7.90. The van der Waals surface area contributed by atoms with Crippen molar-refractivity contribution in [3.63, 3.8) is 0 Å². The molecule has 356 valence electrons. The fourth-order valence-corrected chi connectivity index (χ4v) is 12.6. The Morgan fingerprint density at radius 3 is 2.53 bits per heavy atom. The third-order valence-corrected chi connectivity index (χ3v) is 16.8. The average molecular weight is 943 g/mol. The lowest BCUT2D eigenvalue weighted by molar-refractivity contribution is -0.384. The lowest BCUT2D eigenvalue weighted by Crippen LogP contribution is -2.63. The average Bonchev–Trinajstić information content (AvgIpc) is 3.99. The number of ether oxygens (including phenoxy) is 2. The molecule has 4 N–H and O–H groups in total. The molecule has 16 nitrogen and oxygen atoms in total. The van der Waals surface area contributed by atoms with Crippen molar-refractivity contribution in [3.8, 4) is 23.3 Å². The van der Waals surface area contributed by atoms with Gasteiger partial charge in [0.15, 0.2) is 22.9 Å². The van der Waals surface area contributed by atoms with E-state index in [1.165, 1.54) is 42.5 Å². The maximum atomic E-state index is 14.2. The molecule has 3 aliphatic heterocycles. The van der Waals surface area contributed by atoms with E-state index in [0.717, 1.165) is 50.8 Å². The molecule has 17 heteroatoms. The predicted octanol–water partition coefficient (Wildman–Crippen LogP) is 8.73. The molecule has 0 bridgehead atoms. The van der Waals surface area contributed by atoms with Gasteiger partial charge in [0.1, 0.15) is 24.1 Å². The Morgan fingerprint density at radius 1 is 1.03 bits per heavy atom. The van der Waals surface area contributed by atoms with E-state index in [1.807, 2.05) is 0 Å². The second-order valence-electron chi connectivity index (χ2n) is 20.3. The number of sulfonamides is 1. The summed E-state index contributed by atoms with van der Waals surface area (Å²) in [5, 5.41) is 36.8. The van der Waals surface area contributed by atoms with Crippen LogP contribution in [0.15, 0.2) is 77.8 Å². The monoisotopic (exact) mass is 942 g/mol. The number of hydrogen-bond donors (Lipinski definition) is 4. The van der Waals surface area contributed by atoms with Gasteiger partial charge in [0.2, 0.25) is 0 Å². The SMILES string of the molecule is CC(C)c1ccccc1[C@@H]1CCC[C@@H]1N1CC2(CCN(c3ccc(C(=O)NS(=O)(=O)c4cc5c(c([N+](=O)[O-])c4)N[C@@H](C4CCC(C)(O)CC4)CO5)c(Oc4cc5cc[nH]c5nc4C#N)c3)CC2)C1. The number of anilines is 2. The quantitative estimate of drug-likeness (QED) is 0.0721. The van der Waals surface area contributed by atoms with E-state index in [4.69, 9.17) is 9.47 Å². The molecule has 2 saturated heterocycles. The van der Waals surface area contributed by atoms with E-state index in [0.29, 0.717) is 54.6 Å². The summed E-state index contributed by atoms with van der Waals surface area (Å²) in [5.41, 5.74) is 3.05. The van der Waals surface area contributed by atoms with Gasteiger partial charge >= 0.3 is 0 Å². The lowest BCUT2D eigenvalue weighted by Gasteiger charge is -2.57. The van der Waals surface area contributed by atoms with Gasteiger partial charge in [-0.1, -0.05) is 44.5 Å². The van der Waals surface area contributed by atoms with Gasteiger partial charge < -0.3 is 29.8 Å². The number of nitrogens with one attached hydrogen (secondary N) is 3. The number of piperidine rings is 1. The topological polar surface area (TPSA) is 216 Å². The van der Waals surface area contributed by atoms with Gasteiger partial charge in [0.25, 0.3) is 21.6 Å². The van der Waals surface area contributed by atoms with Gasteiger partial charge in [-0.2, -0.15) is 5.26 Å². The normalized spacial score (nSPS) is 24.7. The number of benzene rings is 3. The Bertz CT molecular complexity index is 2920. The van der Waals surface area contributed by atoms with Crippen LogP contribution in [0.25, 0.3) is 11.0 Å². The number of nitro groups is 1. The summed E-state index contributed by atoms with van der Waals surface area (Å²) in [6.45, 7) is 10.2. The van der Waals surface area contributed by atoms with Crippen molar-refractivity contribution in [1.29, 1.82) is 5.26 Å². The van der Waals surface area contributed by atoms with E-state index in [2.05, 4.69) is 74.0 Å². The van der Waals surface area contributed by atoms with E-state index in [9.17, 15) is 33.7 Å². The first kappa shape index (κ1) is 45.6. The number of carbonyl (C=O) groups excluding carboxylic acids is 1. The molecule has 10 rings (SSSR count). The summed E-state index contributed by atoms with van der Waals surface area (Å²) in [6.07, 6.45) is 9.92. The Kier molecular flexibility index (Phi) is 11.9. The Hall–Kier alpha value is -6.22. The van der Waals surface area contributed by atoms with Crippen LogP contribution in [0.1, 0.15) is 118 Å². The highest BCUT2D eigenvalue weighted by Gasteiger charge is 2.49. The van der Waals surface area contributed by atoms with Crippen LogP contribution in [0, 0.1) is 32.8 Å². The second kappa shape index (κ2) is 17.7. The van der Waals surface area contributed by atoms with E-state index in [-0.39, 0.29) is 58.2 Å². The van der Waals surface area contributed by atoms with Crippen LogP contribution in [0.4, 0.5) is 17.1 Å². The summed E-state index contributed by atoms with van der Waals surface area (Å²) in [6, 6.07) is 21.8. The maximum Gasteiger partial charge on any atom is 0.297 e. The van der Waals surface area contributed by atoms with Crippen molar-refractivity contribution < 1.29 is 32.7 Å². The highest BCUT2D eigenvalue weighted by Crippen LogP contribution is 2.49. The molecule has 0 radical (unpaired) electrons. The van der Waals surface area contributed by atoms with Gasteiger partial charge in [-0.25, -0.2) is 18.1 Å². The molecule has 3 aromatic carbocycles. The number of hydrogen-bond acceptors (Lipinski definition) is 13. The largest absolute Gasteiger partial charge is 0.489 e. The minimum Gasteiger partial charge on any atom is -0.489 e. The van der Waals surface area contributed by atoms with Crippen molar-refractivity contribution in [2.75, 3.05) is 43.0 Å². The molecule has 3 atom stereocenters.